The monoisotopic (exact) mass is 162 g/mol. The summed E-state index contributed by atoms with van der Waals surface area (Å²) in [6.45, 7) is 0. The van der Waals surface area contributed by atoms with E-state index in [0.29, 0.717) is 0 Å². The second-order valence-electron chi connectivity index (χ2n) is 2.40. The summed E-state index contributed by atoms with van der Waals surface area (Å²) in [5.41, 5.74) is 0.221. The zero-order valence-corrected chi connectivity index (χ0v) is 5.92. The quantitative estimate of drug-likeness (QED) is 0.531. The SMILES string of the molecule is O=C1NC(=O)c2c(O)[c]ccc21. The van der Waals surface area contributed by atoms with Crippen LogP contribution in [0.25, 0.3) is 0 Å². The molecule has 1 radical (unpaired) electrons. The molecule has 1 aromatic carbocycles. The summed E-state index contributed by atoms with van der Waals surface area (Å²) in [5, 5.41) is 11.2. The van der Waals surface area contributed by atoms with E-state index in [1.165, 1.54) is 12.1 Å². The maximum atomic E-state index is 11.0. The number of phenolic OH excluding ortho intramolecular Hbond substituents is 1. The summed E-state index contributed by atoms with van der Waals surface area (Å²) >= 11 is 0. The van der Waals surface area contributed by atoms with Crippen LogP contribution in [0.15, 0.2) is 12.1 Å². The Bertz CT molecular complexity index is 384. The number of hydrogen-bond acceptors (Lipinski definition) is 3. The molecule has 0 saturated heterocycles. The lowest BCUT2D eigenvalue weighted by Gasteiger charge is -1.94. The molecule has 4 heteroatoms. The number of rotatable bonds is 0. The lowest BCUT2D eigenvalue weighted by Crippen LogP contribution is -2.19. The zero-order chi connectivity index (χ0) is 8.72. The fraction of sp³-hybridized carbons (Fsp3) is 0. The predicted molar refractivity (Wildman–Crippen MR) is 38.7 cm³/mol. The highest BCUT2D eigenvalue weighted by molar-refractivity contribution is 6.22. The van der Waals surface area contributed by atoms with Gasteiger partial charge in [0, 0.05) is 6.07 Å². The van der Waals surface area contributed by atoms with Gasteiger partial charge in [-0.15, -0.1) is 0 Å². The number of imide groups is 1. The first-order valence-electron chi connectivity index (χ1n) is 3.29. The Morgan fingerprint density at radius 1 is 1.33 bits per heavy atom. The van der Waals surface area contributed by atoms with Gasteiger partial charge in [0.1, 0.15) is 5.75 Å². The summed E-state index contributed by atoms with van der Waals surface area (Å²) in [5.74, 6) is -1.32. The molecule has 2 amide bonds. The van der Waals surface area contributed by atoms with Crippen LogP contribution in [0.3, 0.4) is 0 Å². The van der Waals surface area contributed by atoms with E-state index in [-0.39, 0.29) is 16.9 Å². The largest absolute Gasteiger partial charge is 0.506 e. The number of hydrogen-bond donors (Lipinski definition) is 2. The first-order chi connectivity index (χ1) is 5.70. The number of fused-ring (bicyclic) bond motifs is 1. The minimum absolute atomic E-state index is 0.0162. The lowest BCUT2D eigenvalue weighted by molar-refractivity contribution is 0.0879. The van der Waals surface area contributed by atoms with Gasteiger partial charge in [-0.2, -0.15) is 0 Å². The van der Waals surface area contributed by atoms with Crippen molar-refractivity contribution < 1.29 is 14.7 Å². The summed E-state index contributed by atoms with van der Waals surface area (Å²) in [6, 6.07) is 5.26. The second kappa shape index (κ2) is 2.07. The highest BCUT2D eigenvalue weighted by Crippen LogP contribution is 2.23. The van der Waals surface area contributed by atoms with Gasteiger partial charge in [0.2, 0.25) is 0 Å². The van der Waals surface area contributed by atoms with E-state index in [1.54, 1.807) is 0 Å². The maximum absolute atomic E-state index is 11.0. The van der Waals surface area contributed by atoms with E-state index >= 15 is 0 Å². The van der Waals surface area contributed by atoms with Crippen LogP contribution < -0.4 is 5.32 Å². The van der Waals surface area contributed by atoms with Crippen LogP contribution in [0.2, 0.25) is 0 Å². The average molecular weight is 162 g/mol. The minimum Gasteiger partial charge on any atom is -0.506 e. The molecule has 0 saturated carbocycles. The van der Waals surface area contributed by atoms with E-state index in [2.05, 4.69) is 11.4 Å². The molecule has 2 rings (SSSR count). The van der Waals surface area contributed by atoms with Crippen molar-refractivity contribution >= 4 is 11.8 Å². The Balaban J connectivity index is 2.75. The van der Waals surface area contributed by atoms with Gasteiger partial charge in [-0.05, 0) is 12.1 Å². The van der Waals surface area contributed by atoms with Crippen LogP contribution in [-0.4, -0.2) is 16.9 Å². The van der Waals surface area contributed by atoms with Crippen LogP contribution in [0.1, 0.15) is 20.7 Å². The number of carbonyl (C=O) groups excluding carboxylic acids is 2. The molecule has 2 N–H and O–H groups in total. The zero-order valence-electron chi connectivity index (χ0n) is 5.92. The van der Waals surface area contributed by atoms with Gasteiger partial charge >= 0.3 is 0 Å². The minimum atomic E-state index is -0.565. The van der Waals surface area contributed by atoms with Crippen molar-refractivity contribution in [3.05, 3.63) is 29.3 Å². The second-order valence-corrected chi connectivity index (χ2v) is 2.40. The standard InChI is InChI=1S/C8H4NO3/c10-5-3-1-2-4-6(5)8(12)9-7(4)11/h1-2,10H,(H,9,11,12). The van der Waals surface area contributed by atoms with Crippen molar-refractivity contribution in [2.45, 2.75) is 0 Å². The number of benzene rings is 1. The topological polar surface area (TPSA) is 66.4 Å². The highest BCUT2D eigenvalue weighted by Gasteiger charge is 2.29. The third-order valence-electron chi connectivity index (χ3n) is 1.67. The fourth-order valence-corrected chi connectivity index (χ4v) is 1.14. The van der Waals surface area contributed by atoms with E-state index in [4.69, 9.17) is 5.11 Å². The van der Waals surface area contributed by atoms with E-state index in [1.807, 2.05) is 0 Å². The smallest absolute Gasteiger partial charge is 0.262 e. The molecule has 1 aliphatic rings. The first-order valence-corrected chi connectivity index (χ1v) is 3.29. The summed E-state index contributed by atoms with van der Waals surface area (Å²) in [7, 11) is 0. The van der Waals surface area contributed by atoms with E-state index in [0.717, 1.165) is 0 Å². The number of amides is 2. The van der Waals surface area contributed by atoms with Crippen molar-refractivity contribution in [3.63, 3.8) is 0 Å². The number of carbonyl (C=O) groups is 2. The fourth-order valence-electron chi connectivity index (χ4n) is 1.14. The molecular weight excluding hydrogens is 158 g/mol. The van der Waals surface area contributed by atoms with Crippen molar-refractivity contribution in [2.24, 2.45) is 0 Å². The normalized spacial score (nSPS) is 14.3. The predicted octanol–water partition coefficient (Wildman–Crippen LogP) is 0.0760. The van der Waals surface area contributed by atoms with Gasteiger partial charge in [0.15, 0.2) is 0 Å². The summed E-state index contributed by atoms with van der Waals surface area (Å²) in [4.78, 5) is 22.0. The molecule has 0 aromatic heterocycles. The molecular formula is C8H4NO3. The Hall–Kier alpha value is -1.84. The molecule has 0 aliphatic carbocycles. The third kappa shape index (κ3) is 0.717. The first kappa shape index (κ1) is 6.84. The van der Waals surface area contributed by atoms with Crippen LogP contribution >= 0.6 is 0 Å². The van der Waals surface area contributed by atoms with Gasteiger partial charge in [0.05, 0.1) is 11.1 Å². The third-order valence-corrected chi connectivity index (χ3v) is 1.67. The van der Waals surface area contributed by atoms with Crippen LogP contribution in [-0.2, 0) is 0 Å². The van der Waals surface area contributed by atoms with Crippen LogP contribution in [0, 0.1) is 6.07 Å². The molecule has 0 spiro atoms. The van der Waals surface area contributed by atoms with Gasteiger partial charge in [0.25, 0.3) is 11.8 Å². The van der Waals surface area contributed by atoms with Gasteiger partial charge in [-0.1, -0.05) is 0 Å². The van der Waals surface area contributed by atoms with E-state index < -0.39 is 11.8 Å². The maximum Gasteiger partial charge on any atom is 0.262 e. The molecule has 1 heterocycles. The molecule has 0 fully saturated rings. The van der Waals surface area contributed by atoms with Crippen molar-refractivity contribution in [1.82, 2.24) is 5.32 Å². The van der Waals surface area contributed by atoms with Gasteiger partial charge < -0.3 is 5.11 Å². The Morgan fingerprint density at radius 2 is 2.08 bits per heavy atom. The number of nitrogens with one attached hydrogen (secondary N) is 1. The molecule has 4 nitrogen and oxygen atoms in total. The molecule has 1 aliphatic heterocycles. The van der Waals surface area contributed by atoms with Gasteiger partial charge in [-0.3, -0.25) is 14.9 Å². The number of aromatic hydroxyl groups is 1. The Kier molecular flexibility index (Phi) is 1.18. The molecule has 1 aromatic rings. The van der Waals surface area contributed by atoms with Crippen molar-refractivity contribution in [2.75, 3.05) is 0 Å². The van der Waals surface area contributed by atoms with E-state index in [9.17, 15) is 9.59 Å². The average Bonchev–Trinajstić information content (AvgIpc) is 2.29. The van der Waals surface area contributed by atoms with Crippen LogP contribution in [0.4, 0.5) is 0 Å². The van der Waals surface area contributed by atoms with Crippen molar-refractivity contribution in [1.29, 1.82) is 0 Å². The molecule has 59 valence electrons. The van der Waals surface area contributed by atoms with Gasteiger partial charge in [-0.25, -0.2) is 0 Å². The van der Waals surface area contributed by atoms with Crippen molar-refractivity contribution in [3.8, 4) is 5.75 Å². The lowest BCUT2D eigenvalue weighted by atomic mass is 10.1. The Morgan fingerprint density at radius 3 is 2.75 bits per heavy atom. The molecule has 12 heavy (non-hydrogen) atoms. The highest BCUT2D eigenvalue weighted by atomic mass is 16.3. The van der Waals surface area contributed by atoms with Crippen LogP contribution in [0.5, 0.6) is 5.75 Å². The molecule has 0 atom stereocenters. The summed E-state index contributed by atoms with van der Waals surface area (Å²) in [6.07, 6.45) is 0. The molecule has 0 unspecified atom stereocenters. The summed E-state index contributed by atoms with van der Waals surface area (Å²) < 4.78 is 0. The molecule has 0 bridgehead atoms. The number of phenols is 1. The Labute approximate surface area is 67.8 Å².